The molecule has 2 saturated heterocycles. The molecule has 3 heterocycles. The second-order valence-electron chi connectivity index (χ2n) is 8.82. The maximum Gasteiger partial charge on any atom is 0.247 e. The van der Waals surface area contributed by atoms with E-state index in [9.17, 15) is 14.9 Å². The monoisotopic (exact) mass is 437 g/mol. The third-order valence-corrected chi connectivity index (χ3v) is 6.30. The van der Waals surface area contributed by atoms with Crippen LogP contribution in [0, 0.1) is 11.5 Å². The molecule has 0 aromatic heterocycles. The van der Waals surface area contributed by atoms with Gasteiger partial charge >= 0.3 is 0 Å². The van der Waals surface area contributed by atoms with E-state index in [1.807, 2.05) is 23.2 Å². The van der Waals surface area contributed by atoms with E-state index in [-0.39, 0.29) is 24.3 Å². The number of likely N-dealkylation sites (tertiary alicyclic amines) is 2. The van der Waals surface area contributed by atoms with Crippen LogP contribution in [-0.2, 0) is 16.0 Å². The van der Waals surface area contributed by atoms with Crippen LogP contribution >= 0.6 is 0 Å². The summed E-state index contributed by atoms with van der Waals surface area (Å²) in [6, 6.07) is 5.76. The van der Waals surface area contributed by atoms with E-state index < -0.39 is 6.04 Å². The van der Waals surface area contributed by atoms with Gasteiger partial charge in [-0.3, -0.25) is 14.9 Å². The smallest absolute Gasteiger partial charge is 0.247 e. The van der Waals surface area contributed by atoms with Gasteiger partial charge in [0.05, 0.1) is 6.54 Å². The van der Waals surface area contributed by atoms with Crippen LogP contribution < -0.4 is 16.0 Å². The van der Waals surface area contributed by atoms with Gasteiger partial charge < -0.3 is 20.4 Å². The quantitative estimate of drug-likeness (QED) is 0.287. The molecular formula is C23H31N7O2. The molecule has 170 valence electrons. The van der Waals surface area contributed by atoms with Gasteiger partial charge in [0.15, 0.2) is 6.19 Å². The molecule has 9 heteroatoms. The summed E-state index contributed by atoms with van der Waals surface area (Å²) in [6.45, 7) is 4.35. The summed E-state index contributed by atoms with van der Waals surface area (Å²) in [5.74, 6) is 0.0944. The van der Waals surface area contributed by atoms with Gasteiger partial charge in [-0.25, -0.2) is 4.99 Å². The first-order valence-corrected chi connectivity index (χ1v) is 11.5. The van der Waals surface area contributed by atoms with Gasteiger partial charge in [0, 0.05) is 37.1 Å². The van der Waals surface area contributed by atoms with Gasteiger partial charge in [0.25, 0.3) is 0 Å². The number of rotatable bonds is 4. The fourth-order valence-electron chi connectivity index (χ4n) is 4.65. The average Bonchev–Trinajstić information content (AvgIpc) is 3.39. The zero-order chi connectivity index (χ0) is 22.5. The topological polar surface area (TPSA) is 113 Å². The maximum absolute atomic E-state index is 13.2. The summed E-state index contributed by atoms with van der Waals surface area (Å²) in [4.78, 5) is 33.8. The van der Waals surface area contributed by atoms with Gasteiger partial charge in [-0.1, -0.05) is 6.07 Å². The van der Waals surface area contributed by atoms with Gasteiger partial charge in [-0.2, -0.15) is 5.26 Å². The lowest BCUT2D eigenvalue weighted by Crippen LogP contribution is -2.45. The van der Waals surface area contributed by atoms with Crippen LogP contribution in [0.3, 0.4) is 0 Å². The predicted molar refractivity (Wildman–Crippen MR) is 123 cm³/mol. The van der Waals surface area contributed by atoms with Crippen molar-refractivity contribution in [2.45, 2.75) is 57.5 Å². The molecule has 3 aliphatic heterocycles. The van der Waals surface area contributed by atoms with Crippen LogP contribution in [0.15, 0.2) is 23.2 Å². The summed E-state index contributed by atoms with van der Waals surface area (Å²) in [5.41, 5.74) is 3.11. The Bertz CT molecular complexity index is 933. The highest BCUT2D eigenvalue weighted by Crippen LogP contribution is 2.28. The largest absolute Gasteiger partial charge is 0.382 e. The van der Waals surface area contributed by atoms with Crippen molar-refractivity contribution in [3.05, 3.63) is 23.8 Å². The lowest BCUT2D eigenvalue weighted by atomic mass is 10.1. The number of aliphatic imine (C=N–C) groups is 1. The number of nitrogens with one attached hydrogen (secondary N) is 3. The number of fused-ring (bicyclic) bond motifs is 1. The van der Waals surface area contributed by atoms with E-state index in [4.69, 9.17) is 0 Å². The molecule has 32 heavy (non-hydrogen) atoms. The van der Waals surface area contributed by atoms with Crippen molar-refractivity contribution in [3.63, 3.8) is 0 Å². The SMILES string of the molecule is CC1Cc2ccc(NC(=N[C@H]3CCCCN(CC(=O)N4CCCC4)C3=O)NC#N)cc2N1. The molecular weight excluding hydrogens is 406 g/mol. The van der Waals surface area contributed by atoms with E-state index >= 15 is 0 Å². The van der Waals surface area contributed by atoms with E-state index in [1.54, 1.807) is 4.90 Å². The number of amides is 2. The molecule has 1 unspecified atom stereocenters. The normalized spacial score (nSPS) is 23.2. The maximum atomic E-state index is 13.2. The highest BCUT2D eigenvalue weighted by molar-refractivity contribution is 5.97. The summed E-state index contributed by atoms with van der Waals surface area (Å²) in [5, 5.41) is 18.4. The predicted octanol–water partition coefficient (Wildman–Crippen LogP) is 1.89. The average molecular weight is 438 g/mol. The minimum absolute atomic E-state index is 0.00819. The Labute approximate surface area is 188 Å². The number of nitrogens with zero attached hydrogens (tertiary/aromatic N) is 4. The minimum atomic E-state index is -0.625. The van der Waals surface area contributed by atoms with Gasteiger partial charge in [-0.05, 0) is 63.1 Å². The van der Waals surface area contributed by atoms with Crippen molar-refractivity contribution >= 4 is 29.1 Å². The lowest BCUT2D eigenvalue weighted by Gasteiger charge is -2.25. The van der Waals surface area contributed by atoms with Crippen LogP contribution in [0.5, 0.6) is 0 Å². The molecule has 1 aromatic carbocycles. The third kappa shape index (κ3) is 5.13. The van der Waals surface area contributed by atoms with Crippen molar-refractivity contribution in [2.24, 2.45) is 4.99 Å². The van der Waals surface area contributed by atoms with Crippen LogP contribution in [0.2, 0.25) is 0 Å². The Morgan fingerprint density at radius 3 is 2.81 bits per heavy atom. The Morgan fingerprint density at radius 1 is 1.25 bits per heavy atom. The second-order valence-corrected chi connectivity index (χ2v) is 8.82. The van der Waals surface area contributed by atoms with Crippen molar-refractivity contribution < 1.29 is 9.59 Å². The Morgan fingerprint density at radius 2 is 2.03 bits per heavy atom. The Kier molecular flexibility index (Phi) is 6.78. The summed E-state index contributed by atoms with van der Waals surface area (Å²) in [7, 11) is 0. The molecule has 2 atom stereocenters. The Hall–Kier alpha value is -3.28. The molecule has 0 saturated carbocycles. The standard InChI is InChI=1S/C23H31N7O2/c1-16-12-17-7-8-18(13-20(17)26-16)27-23(25-15-24)28-19-6-2-3-11-30(22(19)32)14-21(31)29-9-4-5-10-29/h7-8,13,16,19,26H,2-6,9-12,14H2,1H3,(H2,25,27,28)/t16?,19-/m0/s1. The van der Waals surface area contributed by atoms with Crippen LogP contribution in [0.25, 0.3) is 0 Å². The molecule has 0 radical (unpaired) electrons. The molecule has 3 aliphatic rings. The number of carbonyl (C=O) groups is 2. The molecule has 1 aromatic rings. The fraction of sp³-hybridized carbons (Fsp3) is 0.565. The number of guanidine groups is 1. The van der Waals surface area contributed by atoms with Gasteiger partial charge in [0.1, 0.15) is 6.04 Å². The van der Waals surface area contributed by atoms with E-state index in [2.05, 4.69) is 33.9 Å². The van der Waals surface area contributed by atoms with E-state index in [1.165, 1.54) is 5.56 Å². The highest BCUT2D eigenvalue weighted by Gasteiger charge is 2.30. The summed E-state index contributed by atoms with van der Waals surface area (Å²) >= 11 is 0. The second kappa shape index (κ2) is 9.90. The molecule has 0 spiro atoms. The summed E-state index contributed by atoms with van der Waals surface area (Å²) in [6.07, 6.45) is 7.21. The van der Waals surface area contributed by atoms with Crippen LogP contribution in [-0.4, -0.2) is 65.8 Å². The van der Waals surface area contributed by atoms with Crippen molar-refractivity contribution in [2.75, 3.05) is 36.8 Å². The van der Waals surface area contributed by atoms with Gasteiger partial charge in [0.2, 0.25) is 17.8 Å². The number of anilines is 2. The first-order valence-electron chi connectivity index (χ1n) is 11.5. The number of benzene rings is 1. The first-order chi connectivity index (χ1) is 15.5. The van der Waals surface area contributed by atoms with Crippen molar-refractivity contribution in [1.82, 2.24) is 15.1 Å². The molecule has 4 rings (SSSR count). The Balaban J connectivity index is 1.47. The van der Waals surface area contributed by atoms with Gasteiger partial charge in [-0.15, -0.1) is 0 Å². The molecule has 9 nitrogen and oxygen atoms in total. The number of carbonyl (C=O) groups excluding carboxylic acids is 2. The number of hydrogen-bond acceptors (Lipinski definition) is 5. The zero-order valence-electron chi connectivity index (χ0n) is 18.6. The molecule has 2 fully saturated rings. The van der Waals surface area contributed by atoms with Crippen LogP contribution in [0.1, 0.15) is 44.6 Å². The highest BCUT2D eigenvalue weighted by atomic mass is 16.2. The lowest BCUT2D eigenvalue weighted by molar-refractivity contribution is -0.140. The number of hydrogen-bond donors (Lipinski definition) is 3. The third-order valence-electron chi connectivity index (χ3n) is 6.30. The fourth-order valence-corrected chi connectivity index (χ4v) is 4.65. The molecule has 0 bridgehead atoms. The minimum Gasteiger partial charge on any atom is -0.382 e. The van der Waals surface area contributed by atoms with Crippen molar-refractivity contribution in [3.8, 4) is 6.19 Å². The van der Waals surface area contributed by atoms with Crippen LogP contribution in [0.4, 0.5) is 11.4 Å². The van der Waals surface area contributed by atoms with Crippen molar-refractivity contribution in [1.29, 1.82) is 5.26 Å². The van der Waals surface area contributed by atoms with E-state index in [0.29, 0.717) is 19.0 Å². The zero-order valence-corrected chi connectivity index (χ0v) is 18.6. The van der Waals surface area contributed by atoms with E-state index in [0.717, 1.165) is 56.6 Å². The number of nitriles is 1. The first kappa shape index (κ1) is 21.9. The molecule has 3 N–H and O–H groups in total. The summed E-state index contributed by atoms with van der Waals surface area (Å²) < 4.78 is 0. The molecule has 2 amide bonds. The molecule has 0 aliphatic carbocycles.